The van der Waals surface area contributed by atoms with Crippen LogP contribution in [0, 0.1) is 63.1 Å². The molecule has 0 aliphatic carbocycles. The average molecular weight is 440 g/mol. The van der Waals surface area contributed by atoms with Gasteiger partial charge in [-0.15, -0.1) is 0 Å². The Morgan fingerprint density at radius 1 is 1.03 bits per heavy atom. The van der Waals surface area contributed by atoms with E-state index in [1.165, 1.54) is 19.2 Å². The Kier molecular flexibility index (Phi) is 4.97. The molecule has 0 radical (unpaired) electrons. The molecule has 0 saturated carbocycles. The van der Waals surface area contributed by atoms with Gasteiger partial charge in [0.15, 0.2) is 5.41 Å². The molecule has 0 aromatic heterocycles. The molecule has 2 aromatic carbocycles. The van der Waals surface area contributed by atoms with E-state index < -0.39 is 40.5 Å². The SMILES string of the molecule is COC(=O)c1ccc(C2OC3(c4ccc(C)cc4)OC(=N)C(C#N)(C3C)C2(C#N)C#N)cc1. The highest BCUT2D eigenvalue weighted by Crippen LogP contribution is 2.68. The van der Waals surface area contributed by atoms with Crippen LogP contribution in [-0.2, 0) is 20.0 Å². The van der Waals surface area contributed by atoms with Crippen molar-refractivity contribution in [1.82, 2.24) is 0 Å². The van der Waals surface area contributed by atoms with E-state index in [4.69, 9.17) is 19.6 Å². The first-order valence-corrected chi connectivity index (χ1v) is 10.2. The number of nitrogens with one attached hydrogen (secondary N) is 1. The summed E-state index contributed by atoms with van der Waals surface area (Å²) < 4.78 is 17.1. The average Bonchev–Trinajstić information content (AvgIpc) is 3.00. The lowest BCUT2D eigenvalue weighted by molar-refractivity contribution is -0.288. The predicted octanol–water partition coefficient (Wildman–Crippen LogP) is 3.89. The number of ether oxygens (including phenoxy) is 3. The van der Waals surface area contributed by atoms with E-state index in [2.05, 4.69) is 6.07 Å². The predicted molar refractivity (Wildman–Crippen MR) is 114 cm³/mol. The lowest BCUT2D eigenvalue weighted by atomic mass is 9.53. The van der Waals surface area contributed by atoms with Crippen LogP contribution in [0.2, 0.25) is 0 Å². The normalized spacial score (nSPS) is 29.2. The maximum Gasteiger partial charge on any atom is 0.337 e. The van der Waals surface area contributed by atoms with Crippen molar-refractivity contribution in [3.05, 3.63) is 70.8 Å². The third-order valence-corrected chi connectivity index (χ3v) is 6.76. The molecule has 2 bridgehead atoms. The Bertz CT molecular complexity index is 1250. The Morgan fingerprint density at radius 2 is 1.64 bits per heavy atom. The Morgan fingerprint density at radius 3 is 2.15 bits per heavy atom. The molecular formula is C25H20N4O4. The van der Waals surface area contributed by atoms with E-state index in [-0.39, 0.29) is 5.56 Å². The number of methoxy groups -OCH3 is 1. The van der Waals surface area contributed by atoms with Gasteiger partial charge in [0.25, 0.3) is 0 Å². The first-order valence-electron chi connectivity index (χ1n) is 10.2. The van der Waals surface area contributed by atoms with Crippen molar-refractivity contribution in [2.75, 3.05) is 7.11 Å². The quantitative estimate of drug-likeness (QED) is 0.714. The van der Waals surface area contributed by atoms with Gasteiger partial charge in [0.2, 0.25) is 17.1 Å². The van der Waals surface area contributed by atoms with Gasteiger partial charge in [-0.2, -0.15) is 15.8 Å². The number of rotatable bonds is 3. The molecule has 2 aliphatic heterocycles. The maximum atomic E-state index is 11.9. The lowest BCUT2D eigenvalue weighted by Gasteiger charge is -2.48. The van der Waals surface area contributed by atoms with Crippen LogP contribution in [0.3, 0.4) is 0 Å². The second-order valence-corrected chi connectivity index (χ2v) is 8.25. The van der Waals surface area contributed by atoms with E-state index in [9.17, 15) is 20.6 Å². The highest BCUT2D eigenvalue weighted by atomic mass is 16.7. The maximum absolute atomic E-state index is 11.9. The highest BCUT2D eigenvalue weighted by molar-refractivity contribution is 5.90. The van der Waals surface area contributed by atoms with Crippen LogP contribution in [0.25, 0.3) is 0 Å². The van der Waals surface area contributed by atoms with E-state index in [0.29, 0.717) is 11.1 Å². The topological polar surface area (TPSA) is 140 Å². The summed E-state index contributed by atoms with van der Waals surface area (Å²) in [5, 5.41) is 39.5. The molecule has 33 heavy (non-hydrogen) atoms. The molecule has 1 N–H and O–H groups in total. The number of carbonyl (C=O) groups is 1. The van der Waals surface area contributed by atoms with Gasteiger partial charge in [-0.3, -0.25) is 5.41 Å². The number of hydrogen-bond donors (Lipinski definition) is 1. The van der Waals surface area contributed by atoms with Crippen molar-refractivity contribution in [2.45, 2.75) is 25.7 Å². The number of esters is 1. The van der Waals surface area contributed by atoms with Gasteiger partial charge < -0.3 is 14.2 Å². The molecule has 2 saturated heterocycles. The van der Waals surface area contributed by atoms with Gasteiger partial charge in [0.05, 0.1) is 36.8 Å². The number of carbonyl (C=O) groups excluding carboxylic acids is 1. The fourth-order valence-corrected chi connectivity index (χ4v) is 4.87. The second kappa shape index (κ2) is 7.45. The minimum atomic E-state index is -2.07. The smallest absolute Gasteiger partial charge is 0.337 e. The van der Waals surface area contributed by atoms with E-state index in [1.807, 2.05) is 31.2 Å². The molecule has 2 heterocycles. The van der Waals surface area contributed by atoms with Gasteiger partial charge in [0, 0.05) is 5.56 Å². The lowest BCUT2D eigenvalue weighted by Crippen LogP contribution is -2.57. The number of benzene rings is 2. The van der Waals surface area contributed by atoms with Gasteiger partial charge in [0.1, 0.15) is 6.10 Å². The summed E-state index contributed by atoms with van der Waals surface area (Å²) in [5.74, 6) is -3.41. The summed E-state index contributed by atoms with van der Waals surface area (Å²) in [6.45, 7) is 3.58. The third-order valence-electron chi connectivity index (χ3n) is 6.76. The minimum absolute atomic E-state index is 0.278. The molecule has 4 unspecified atom stereocenters. The van der Waals surface area contributed by atoms with Crippen LogP contribution in [-0.4, -0.2) is 19.0 Å². The van der Waals surface area contributed by atoms with Crippen molar-refractivity contribution in [2.24, 2.45) is 16.7 Å². The molecule has 0 spiro atoms. The molecule has 4 atom stereocenters. The Balaban J connectivity index is 1.97. The monoisotopic (exact) mass is 440 g/mol. The Hall–Kier alpha value is -4.19. The summed E-state index contributed by atoms with van der Waals surface area (Å²) >= 11 is 0. The van der Waals surface area contributed by atoms with Crippen molar-refractivity contribution in [3.63, 3.8) is 0 Å². The summed E-state index contributed by atoms with van der Waals surface area (Å²) in [4.78, 5) is 11.9. The van der Waals surface area contributed by atoms with E-state index >= 15 is 0 Å². The fourth-order valence-electron chi connectivity index (χ4n) is 4.87. The van der Waals surface area contributed by atoms with Crippen LogP contribution in [0.5, 0.6) is 0 Å². The Labute approximate surface area is 191 Å². The standard InChI is InChI=1S/C25H20N4O4/c1-15-4-10-19(11-5-15)25-16(2)24(14-28,22(29)33-25)23(12-26,13-27)20(32-25)17-6-8-18(9-7-17)21(30)31-3/h4-11,16,20,29H,1-3H3. The van der Waals surface area contributed by atoms with Gasteiger partial charge >= 0.3 is 5.97 Å². The van der Waals surface area contributed by atoms with Gasteiger partial charge in [-0.25, -0.2) is 4.79 Å². The van der Waals surface area contributed by atoms with Crippen molar-refractivity contribution in [1.29, 1.82) is 21.2 Å². The number of aryl methyl sites for hydroxylation is 1. The molecular weight excluding hydrogens is 420 g/mol. The molecule has 164 valence electrons. The summed E-state index contributed by atoms with van der Waals surface area (Å²) in [6, 6.07) is 19.5. The highest BCUT2D eigenvalue weighted by Gasteiger charge is 2.79. The van der Waals surface area contributed by atoms with Crippen LogP contribution in [0.4, 0.5) is 0 Å². The van der Waals surface area contributed by atoms with Crippen molar-refractivity contribution in [3.8, 4) is 18.2 Å². The van der Waals surface area contributed by atoms with Crippen LogP contribution in [0.1, 0.15) is 40.1 Å². The minimum Gasteiger partial charge on any atom is -0.465 e. The molecule has 8 heteroatoms. The number of fused-ring (bicyclic) bond motifs is 2. The summed E-state index contributed by atoms with van der Waals surface area (Å²) in [6.07, 6.45) is -1.24. The fraction of sp³-hybridized carbons (Fsp3) is 0.320. The molecule has 8 nitrogen and oxygen atoms in total. The second-order valence-electron chi connectivity index (χ2n) is 8.25. The molecule has 2 fully saturated rings. The molecule has 2 aliphatic rings. The van der Waals surface area contributed by atoms with Crippen LogP contribution < -0.4 is 0 Å². The zero-order valence-corrected chi connectivity index (χ0v) is 18.2. The summed E-state index contributed by atoms with van der Waals surface area (Å²) in [7, 11) is 1.26. The third kappa shape index (κ3) is 2.64. The van der Waals surface area contributed by atoms with Crippen molar-refractivity contribution >= 4 is 11.9 Å². The first kappa shape index (κ1) is 22.0. The van der Waals surface area contributed by atoms with Gasteiger partial charge in [-0.1, -0.05) is 48.9 Å². The number of nitriles is 3. The van der Waals surface area contributed by atoms with Crippen molar-refractivity contribution < 1.29 is 19.0 Å². The van der Waals surface area contributed by atoms with E-state index in [1.54, 1.807) is 31.2 Å². The summed E-state index contributed by atoms with van der Waals surface area (Å²) in [5.41, 5.74) is -1.71. The zero-order valence-electron chi connectivity index (χ0n) is 18.2. The number of nitrogens with zero attached hydrogens (tertiary/aromatic N) is 3. The molecule has 4 rings (SSSR count). The van der Waals surface area contributed by atoms with Crippen LogP contribution >= 0.6 is 0 Å². The van der Waals surface area contributed by atoms with Crippen LogP contribution in [0.15, 0.2) is 48.5 Å². The zero-order chi connectivity index (χ0) is 24.0. The van der Waals surface area contributed by atoms with Gasteiger partial charge in [-0.05, 0) is 24.6 Å². The molecule has 0 amide bonds. The first-order chi connectivity index (χ1) is 15.8. The number of hydrogen-bond acceptors (Lipinski definition) is 8. The van der Waals surface area contributed by atoms with E-state index in [0.717, 1.165) is 5.56 Å². The largest absolute Gasteiger partial charge is 0.465 e. The molecule has 2 aromatic rings.